The van der Waals surface area contributed by atoms with Gasteiger partial charge < -0.3 is 5.73 Å². The van der Waals surface area contributed by atoms with Gasteiger partial charge in [0.1, 0.15) is 5.82 Å². The van der Waals surface area contributed by atoms with Crippen LogP contribution in [0.2, 0.25) is 0 Å². The molecule has 4 heteroatoms. The third-order valence-corrected chi connectivity index (χ3v) is 4.37. The van der Waals surface area contributed by atoms with E-state index in [2.05, 4.69) is 47.4 Å². The predicted octanol–water partition coefficient (Wildman–Crippen LogP) is 4.45. The third kappa shape index (κ3) is 2.31. The van der Waals surface area contributed by atoms with Crippen molar-refractivity contribution in [2.24, 2.45) is 0 Å². The van der Waals surface area contributed by atoms with Gasteiger partial charge in [-0.2, -0.15) is 0 Å². The Labute approximate surface area is 141 Å². The second kappa shape index (κ2) is 5.06. The van der Waals surface area contributed by atoms with Gasteiger partial charge in [-0.05, 0) is 24.3 Å². The Balaban J connectivity index is 1.89. The molecule has 0 radical (unpaired) electrons. The maximum Gasteiger partial charge on any atom is 0.137 e. The average molecular weight is 316 g/mol. The van der Waals surface area contributed by atoms with Gasteiger partial charge in [0.15, 0.2) is 0 Å². The van der Waals surface area contributed by atoms with E-state index in [0.29, 0.717) is 0 Å². The molecule has 4 rings (SSSR count). The molecule has 4 nitrogen and oxygen atoms in total. The van der Waals surface area contributed by atoms with Gasteiger partial charge in [0.05, 0.1) is 11.7 Å². The molecule has 2 N–H and O–H groups in total. The van der Waals surface area contributed by atoms with E-state index < -0.39 is 0 Å². The van der Waals surface area contributed by atoms with Crippen LogP contribution in [-0.2, 0) is 5.41 Å². The highest BCUT2D eigenvalue weighted by atomic mass is 15.1. The third-order valence-electron chi connectivity index (χ3n) is 4.37. The van der Waals surface area contributed by atoms with E-state index in [4.69, 9.17) is 5.73 Å². The molecule has 3 heterocycles. The largest absolute Gasteiger partial charge is 0.398 e. The number of aromatic nitrogens is 3. The van der Waals surface area contributed by atoms with Crippen LogP contribution >= 0.6 is 0 Å². The lowest BCUT2D eigenvalue weighted by molar-refractivity contribution is 0.570. The highest BCUT2D eigenvalue weighted by molar-refractivity contribution is 5.93. The molecule has 4 aromatic rings. The molecule has 0 atom stereocenters. The first-order chi connectivity index (χ1) is 11.4. The Morgan fingerprint density at radius 2 is 1.79 bits per heavy atom. The van der Waals surface area contributed by atoms with Gasteiger partial charge in [0, 0.05) is 45.3 Å². The lowest BCUT2D eigenvalue weighted by Crippen LogP contribution is -2.13. The number of nitrogens with two attached hydrogens (primary N) is 1. The minimum Gasteiger partial charge on any atom is -0.398 e. The highest BCUT2D eigenvalue weighted by Crippen LogP contribution is 2.27. The van der Waals surface area contributed by atoms with E-state index in [-0.39, 0.29) is 5.41 Å². The molecule has 0 saturated carbocycles. The summed E-state index contributed by atoms with van der Waals surface area (Å²) in [5, 5.41) is 3.23. The van der Waals surface area contributed by atoms with Gasteiger partial charge in [0.25, 0.3) is 0 Å². The number of hydrogen-bond acceptors (Lipinski definition) is 3. The maximum absolute atomic E-state index is 6.11. The molecular formula is C20H20N4. The topological polar surface area (TPSA) is 56.7 Å². The molecule has 24 heavy (non-hydrogen) atoms. The Morgan fingerprint density at radius 1 is 0.958 bits per heavy atom. The van der Waals surface area contributed by atoms with Crippen molar-refractivity contribution in [3.8, 4) is 5.82 Å². The number of nitrogen functional groups attached to an aromatic ring is 1. The van der Waals surface area contributed by atoms with Gasteiger partial charge in [-0.3, -0.25) is 9.55 Å². The smallest absolute Gasteiger partial charge is 0.137 e. The summed E-state index contributed by atoms with van der Waals surface area (Å²) in [5.41, 5.74) is 9.04. The van der Waals surface area contributed by atoms with E-state index in [1.54, 1.807) is 0 Å². The normalized spacial score (nSPS) is 12.1. The first-order valence-corrected chi connectivity index (χ1v) is 8.06. The van der Waals surface area contributed by atoms with Crippen molar-refractivity contribution in [1.29, 1.82) is 0 Å². The van der Waals surface area contributed by atoms with Gasteiger partial charge in [-0.1, -0.05) is 32.9 Å². The highest BCUT2D eigenvalue weighted by Gasteiger charge is 2.16. The summed E-state index contributed by atoms with van der Waals surface area (Å²) in [5.74, 6) is 0.848. The van der Waals surface area contributed by atoms with Crippen molar-refractivity contribution in [2.75, 3.05) is 5.73 Å². The zero-order valence-corrected chi connectivity index (χ0v) is 14.1. The van der Waals surface area contributed by atoms with Gasteiger partial charge >= 0.3 is 0 Å². The van der Waals surface area contributed by atoms with E-state index in [1.807, 2.05) is 42.9 Å². The van der Waals surface area contributed by atoms with Crippen molar-refractivity contribution < 1.29 is 0 Å². The lowest BCUT2D eigenvalue weighted by Gasteiger charge is -2.17. The molecular weight excluding hydrogens is 296 g/mol. The second-order valence-electron chi connectivity index (χ2n) is 7.17. The van der Waals surface area contributed by atoms with Crippen molar-refractivity contribution in [3.05, 3.63) is 60.7 Å². The monoisotopic (exact) mass is 316 g/mol. The first-order valence-electron chi connectivity index (χ1n) is 8.06. The van der Waals surface area contributed by atoms with Crippen LogP contribution in [0.1, 0.15) is 26.5 Å². The Kier molecular flexibility index (Phi) is 3.10. The van der Waals surface area contributed by atoms with Crippen LogP contribution in [-0.4, -0.2) is 14.5 Å². The Bertz CT molecular complexity index is 1050. The number of hydrogen-bond donors (Lipinski definition) is 1. The van der Waals surface area contributed by atoms with E-state index >= 15 is 0 Å². The standard InChI is InChI=1S/C20H20N4/c1-20(2,3)18-9-13-7-8-24(17(13)12-22-18)19-10-15-14(11-23-19)5-4-6-16(15)21/h4-12H,21H2,1-3H3. The number of benzene rings is 1. The number of rotatable bonds is 1. The fourth-order valence-corrected chi connectivity index (χ4v) is 2.96. The Morgan fingerprint density at radius 3 is 2.58 bits per heavy atom. The number of pyridine rings is 2. The zero-order valence-electron chi connectivity index (χ0n) is 14.1. The van der Waals surface area contributed by atoms with E-state index in [1.165, 1.54) is 0 Å². The molecule has 0 amide bonds. The van der Waals surface area contributed by atoms with Crippen molar-refractivity contribution in [2.45, 2.75) is 26.2 Å². The summed E-state index contributed by atoms with van der Waals surface area (Å²) in [6, 6.07) is 12.2. The molecule has 0 fully saturated rings. The van der Waals surface area contributed by atoms with Gasteiger partial charge in [0.2, 0.25) is 0 Å². The minimum atomic E-state index is 0.0337. The molecule has 0 saturated heterocycles. The molecule has 1 aromatic carbocycles. The first kappa shape index (κ1) is 14.7. The van der Waals surface area contributed by atoms with Crippen molar-refractivity contribution in [1.82, 2.24) is 14.5 Å². The number of fused-ring (bicyclic) bond motifs is 2. The van der Waals surface area contributed by atoms with Crippen LogP contribution in [0.4, 0.5) is 5.69 Å². The van der Waals surface area contributed by atoms with Crippen LogP contribution in [0.15, 0.2) is 55.0 Å². The van der Waals surface area contributed by atoms with E-state index in [0.717, 1.165) is 38.9 Å². The number of nitrogens with zero attached hydrogens (tertiary/aromatic N) is 3. The summed E-state index contributed by atoms with van der Waals surface area (Å²) in [6.45, 7) is 6.52. The summed E-state index contributed by atoms with van der Waals surface area (Å²) in [7, 11) is 0. The van der Waals surface area contributed by atoms with Crippen LogP contribution < -0.4 is 5.73 Å². The van der Waals surface area contributed by atoms with Crippen LogP contribution in [0, 0.1) is 0 Å². The van der Waals surface area contributed by atoms with Crippen LogP contribution in [0.3, 0.4) is 0 Å². The van der Waals surface area contributed by atoms with Gasteiger partial charge in [-0.15, -0.1) is 0 Å². The average Bonchev–Trinajstić information content (AvgIpc) is 2.97. The quantitative estimate of drug-likeness (QED) is 0.528. The molecule has 0 aliphatic heterocycles. The summed E-state index contributed by atoms with van der Waals surface area (Å²) in [4.78, 5) is 9.23. The molecule has 0 aliphatic carbocycles. The fraction of sp³-hybridized carbons (Fsp3) is 0.200. The molecule has 0 spiro atoms. The molecule has 0 bridgehead atoms. The molecule has 120 valence electrons. The number of anilines is 1. The van der Waals surface area contributed by atoms with Crippen LogP contribution in [0.5, 0.6) is 0 Å². The van der Waals surface area contributed by atoms with Crippen molar-refractivity contribution in [3.63, 3.8) is 0 Å². The minimum absolute atomic E-state index is 0.0337. The molecule has 0 unspecified atom stereocenters. The van der Waals surface area contributed by atoms with Crippen molar-refractivity contribution >= 4 is 27.4 Å². The van der Waals surface area contributed by atoms with Gasteiger partial charge in [-0.25, -0.2) is 4.98 Å². The second-order valence-corrected chi connectivity index (χ2v) is 7.17. The zero-order chi connectivity index (χ0) is 16.9. The molecule has 3 aromatic heterocycles. The van der Waals surface area contributed by atoms with E-state index in [9.17, 15) is 0 Å². The summed E-state index contributed by atoms with van der Waals surface area (Å²) >= 11 is 0. The lowest BCUT2D eigenvalue weighted by atomic mass is 9.91. The fourth-order valence-electron chi connectivity index (χ4n) is 2.96. The summed E-state index contributed by atoms with van der Waals surface area (Å²) in [6.07, 6.45) is 5.83. The molecule has 0 aliphatic rings. The Hall–Kier alpha value is -2.88. The summed E-state index contributed by atoms with van der Waals surface area (Å²) < 4.78 is 2.06. The SMILES string of the molecule is CC(C)(C)c1cc2ccn(-c3cc4c(N)cccc4cn3)c2cn1. The predicted molar refractivity (Wildman–Crippen MR) is 99.5 cm³/mol. The van der Waals surface area contributed by atoms with Crippen LogP contribution in [0.25, 0.3) is 27.5 Å². The maximum atomic E-state index is 6.11.